The molecule has 0 amide bonds. The second-order valence-corrected chi connectivity index (χ2v) is 2.16. The fraction of sp³-hybridized carbons (Fsp3) is 0.800. The summed E-state index contributed by atoms with van der Waals surface area (Å²) in [6.45, 7) is 0. The van der Waals surface area contributed by atoms with Gasteiger partial charge >= 0.3 is 5.97 Å². The second-order valence-electron chi connectivity index (χ2n) is 1.85. The Morgan fingerprint density at radius 1 is 1.70 bits per heavy atom. The van der Waals surface area contributed by atoms with Gasteiger partial charge in [-0.3, -0.25) is 4.79 Å². The van der Waals surface area contributed by atoms with Crippen LogP contribution in [0, 0.1) is 0 Å². The van der Waals surface area contributed by atoms with Gasteiger partial charge in [-0.1, -0.05) is 0 Å². The predicted octanol–water partition coefficient (Wildman–Crippen LogP) is 0.839. The summed E-state index contributed by atoms with van der Waals surface area (Å²) in [5.74, 6) is -0.497. The highest BCUT2D eigenvalue weighted by atomic mass is 35.5. The van der Waals surface area contributed by atoms with Crippen molar-refractivity contribution in [1.29, 1.82) is 0 Å². The van der Waals surface area contributed by atoms with Crippen molar-refractivity contribution in [3.8, 4) is 0 Å². The summed E-state index contributed by atoms with van der Waals surface area (Å²) in [5, 5.41) is 8.16. The van der Waals surface area contributed by atoms with E-state index < -0.39 is 5.97 Å². The lowest BCUT2D eigenvalue weighted by atomic mass is 10.2. The van der Waals surface area contributed by atoms with Crippen molar-refractivity contribution in [3.63, 3.8) is 0 Å². The van der Waals surface area contributed by atoms with Gasteiger partial charge in [-0.05, 0) is 6.42 Å². The molecule has 3 nitrogen and oxygen atoms in total. The standard InChI is InChI=1S/C5H10ClNO2.ClH/c6-3-4(7)1-2-5(8)9;/h4H,1-3,7H2,(H,8,9);1H. The second kappa shape index (κ2) is 7.12. The van der Waals surface area contributed by atoms with Crippen molar-refractivity contribution < 1.29 is 9.90 Å². The maximum atomic E-state index is 9.92. The number of halogens is 2. The minimum absolute atomic E-state index is 0. The molecule has 0 aromatic carbocycles. The summed E-state index contributed by atoms with van der Waals surface area (Å²) in [4.78, 5) is 9.92. The Morgan fingerprint density at radius 2 is 2.20 bits per heavy atom. The molecule has 0 saturated carbocycles. The lowest BCUT2D eigenvalue weighted by Gasteiger charge is -2.02. The van der Waals surface area contributed by atoms with Crippen molar-refractivity contribution in [3.05, 3.63) is 0 Å². The van der Waals surface area contributed by atoms with Crippen LogP contribution in [0.1, 0.15) is 12.8 Å². The number of alkyl halides is 1. The van der Waals surface area contributed by atoms with Gasteiger partial charge in [-0.15, -0.1) is 24.0 Å². The molecule has 0 heterocycles. The zero-order valence-corrected chi connectivity index (χ0v) is 6.99. The quantitative estimate of drug-likeness (QED) is 0.642. The first-order chi connectivity index (χ1) is 4.16. The molecule has 0 fully saturated rings. The van der Waals surface area contributed by atoms with Crippen LogP contribution in [0.15, 0.2) is 0 Å². The van der Waals surface area contributed by atoms with E-state index >= 15 is 0 Å². The largest absolute Gasteiger partial charge is 0.481 e. The first-order valence-corrected chi connectivity index (χ1v) is 3.23. The average molecular weight is 188 g/mol. The van der Waals surface area contributed by atoms with Crippen molar-refractivity contribution in [2.24, 2.45) is 5.73 Å². The van der Waals surface area contributed by atoms with E-state index in [1.54, 1.807) is 0 Å². The van der Waals surface area contributed by atoms with Crippen LogP contribution in [-0.4, -0.2) is 23.0 Å². The van der Waals surface area contributed by atoms with Crippen molar-refractivity contribution >= 4 is 30.0 Å². The van der Waals surface area contributed by atoms with E-state index in [9.17, 15) is 4.79 Å². The van der Waals surface area contributed by atoms with Gasteiger partial charge in [0.15, 0.2) is 0 Å². The number of hydrogen-bond acceptors (Lipinski definition) is 2. The molecule has 10 heavy (non-hydrogen) atoms. The zero-order chi connectivity index (χ0) is 7.28. The molecule has 0 aromatic rings. The van der Waals surface area contributed by atoms with Crippen LogP contribution < -0.4 is 5.73 Å². The van der Waals surface area contributed by atoms with Gasteiger partial charge in [0.2, 0.25) is 0 Å². The molecule has 0 rings (SSSR count). The summed E-state index contributed by atoms with van der Waals surface area (Å²) in [6.07, 6.45) is 0.562. The Kier molecular flexibility index (Phi) is 9.02. The van der Waals surface area contributed by atoms with Gasteiger partial charge in [-0.2, -0.15) is 0 Å². The molecule has 0 radical (unpaired) electrons. The molecular formula is C5H11Cl2NO2. The number of hydrogen-bond donors (Lipinski definition) is 2. The minimum Gasteiger partial charge on any atom is -0.481 e. The Bertz CT molecular complexity index is 99.6. The predicted molar refractivity (Wildman–Crippen MR) is 42.8 cm³/mol. The fourth-order valence-electron chi connectivity index (χ4n) is 0.386. The Hall–Kier alpha value is 0.01000. The first-order valence-electron chi connectivity index (χ1n) is 2.70. The van der Waals surface area contributed by atoms with Crippen LogP contribution in [-0.2, 0) is 4.79 Å². The van der Waals surface area contributed by atoms with Crippen molar-refractivity contribution in [2.75, 3.05) is 5.88 Å². The van der Waals surface area contributed by atoms with E-state index in [0.717, 1.165) is 0 Å². The summed E-state index contributed by atoms with van der Waals surface area (Å²) >= 11 is 5.32. The highest BCUT2D eigenvalue weighted by Crippen LogP contribution is 1.95. The zero-order valence-electron chi connectivity index (χ0n) is 5.42. The summed E-state index contributed by atoms with van der Waals surface area (Å²) in [7, 11) is 0. The van der Waals surface area contributed by atoms with Gasteiger partial charge in [0.05, 0.1) is 0 Å². The van der Waals surface area contributed by atoms with Crippen LogP contribution in [0.25, 0.3) is 0 Å². The van der Waals surface area contributed by atoms with Gasteiger partial charge in [-0.25, -0.2) is 0 Å². The Labute approximate surface area is 71.0 Å². The number of nitrogens with two attached hydrogens (primary N) is 1. The normalized spacial score (nSPS) is 11.8. The Balaban J connectivity index is 0. The van der Waals surface area contributed by atoms with Crippen molar-refractivity contribution in [1.82, 2.24) is 0 Å². The lowest BCUT2D eigenvalue weighted by Crippen LogP contribution is -2.22. The molecule has 0 aliphatic rings. The summed E-state index contributed by atoms with van der Waals surface area (Å²) < 4.78 is 0. The SMILES string of the molecule is Cl.NC(CCl)CCC(=O)O. The van der Waals surface area contributed by atoms with Crippen LogP contribution in [0.3, 0.4) is 0 Å². The maximum absolute atomic E-state index is 9.92. The third-order valence-electron chi connectivity index (χ3n) is 0.927. The molecule has 0 aliphatic heterocycles. The van der Waals surface area contributed by atoms with Crippen LogP contribution in [0.2, 0.25) is 0 Å². The van der Waals surface area contributed by atoms with Gasteiger partial charge in [0, 0.05) is 18.3 Å². The minimum atomic E-state index is -0.824. The van der Waals surface area contributed by atoms with Gasteiger partial charge < -0.3 is 10.8 Å². The van der Waals surface area contributed by atoms with Gasteiger partial charge in [0.25, 0.3) is 0 Å². The molecule has 3 N–H and O–H groups in total. The number of carboxylic acids is 1. The van der Waals surface area contributed by atoms with E-state index in [1.807, 2.05) is 0 Å². The number of aliphatic carboxylic acids is 1. The van der Waals surface area contributed by atoms with Gasteiger partial charge in [0.1, 0.15) is 0 Å². The molecule has 62 valence electrons. The maximum Gasteiger partial charge on any atom is 0.303 e. The molecule has 0 bridgehead atoms. The summed E-state index contributed by atoms with van der Waals surface area (Å²) in [5.41, 5.74) is 5.33. The van der Waals surface area contributed by atoms with Crippen molar-refractivity contribution in [2.45, 2.75) is 18.9 Å². The third-order valence-corrected chi connectivity index (χ3v) is 1.32. The van der Waals surface area contributed by atoms with E-state index in [0.29, 0.717) is 12.3 Å². The average Bonchev–Trinajstić information content (AvgIpc) is 1.83. The van der Waals surface area contributed by atoms with Crippen LogP contribution in [0.5, 0.6) is 0 Å². The van der Waals surface area contributed by atoms with E-state index in [1.165, 1.54) is 0 Å². The number of rotatable bonds is 4. The molecule has 5 heteroatoms. The molecule has 0 spiro atoms. The third kappa shape index (κ3) is 8.01. The molecule has 0 aliphatic carbocycles. The topological polar surface area (TPSA) is 63.3 Å². The Morgan fingerprint density at radius 3 is 2.50 bits per heavy atom. The number of carbonyl (C=O) groups is 1. The highest BCUT2D eigenvalue weighted by molar-refractivity contribution is 6.18. The molecule has 1 unspecified atom stereocenters. The van der Waals surface area contributed by atoms with E-state index in [2.05, 4.69) is 0 Å². The number of carboxylic acid groups (broad SMARTS) is 1. The smallest absolute Gasteiger partial charge is 0.303 e. The molecule has 0 aromatic heterocycles. The molecule has 1 atom stereocenters. The fourth-order valence-corrected chi connectivity index (χ4v) is 0.540. The van der Waals surface area contributed by atoms with E-state index in [-0.39, 0.29) is 24.9 Å². The lowest BCUT2D eigenvalue weighted by molar-refractivity contribution is -0.137. The highest BCUT2D eigenvalue weighted by Gasteiger charge is 2.02. The van der Waals surface area contributed by atoms with Crippen LogP contribution in [0.4, 0.5) is 0 Å². The molecular weight excluding hydrogens is 177 g/mol. The summed E-state index contributed by atoms with van der Waals surface area (Å²) in [6, 6.07) is -0.178. The van der Waals surface area contributed by atoms with Crippen LogP contribution >= 0.6 is 24.0 Å². The monoisotopic (exact) mass is 187 g/mol. The molecule has 0 saturated heterocycles. The van der Waals surface area contributed by atoms with E-state index in [4.69, 9.17) is 22.4 Å². The first kappa shape index (κ1) is 12.7.